The molecule has 8 atom stereocenters. The SMILES string of the molecule is CCN(CCCN1C(=O)C2C(C(=O)Nc3cccc(Cl)c3)C3C=CC2(O3)C1C(=O)NC1CCCC(C)C1C)Cc1ccccc1.Cl. The first-order chi connectivity index (χ1) is 21.7. The predicted molar refractivity (Wildman–Crippen MR) is 183 cm³/mol. The molecule has 6 rings (SSSR count). The van der Waals surface area contributed by atoms with Crippen molar-refractivity contribution in [2.45, 2.75) is 76.8 Å². The van der Waals surface area contributed by atoms with Crippen molar-refractivity contribution in [3.05, 3.63) is 77.3 Å². The zero-order chi connectivity index (χ0) is 31.7. The Morgan fingerprint density at radius 1 is 1.09 bits per heavy atom. The number of hydrogen-bond acceptors (Lipinski definition) is 5. The van der Waals surface area contributed by atoms with E-state index in [2.05, 4.69) is 48.4 Å². The average molecular weight is 670 g/mol. The Morgan fingerprint density at radius 3 is 2.61 bits per heavy atom. The van der Waals surface area contributed by atoms with Crippen LogP contribution < -0.4 is 10.6 Å². The maximum absolute atomic E-state index is 14.4. The van der Waals surface area contributed by atoms with Crippen molar-refractivity contribution in [1.82, 2.24) is 15.1 Å². The second-order valence-electron chi connectivity index (χ2n) is 13.3. The van der Waals surface area contributed by atoms with E-state index in [-0.39, 0.29) is 36.2 Å². The summed E-state index contributed by atoms with van der Waals surface area (Å²) in [5.41, 5.74) is 0.616. The maximum Gasteiger partial charge on any atom is 0.246 e. The Kier molecular flexibility index (Phi) is 10.8. The lowest BCUT2D eigenvalue weighted by Gasteiger charge is -2.38. The van der Waals surface area contributed by atoms with Gasteiger partial charge in [0, 0.05) is 36.4 Å². The molecule has 8 unspecified atom stereocenters. The molecule has 0 aromatic heterocycles. The molecular weight excluding hydrogens is 623 g/mol. The van der Waals surface area contributed by atoms with E-state index in [4.69, 9.17) is 16.3 Å². The molecule has 2 aromatic carbocycles. The predicted octanol–water partition coefficient (Wildman–Crippen LogP) is 5.70. The van der Waals surface area contributed by atoms with Crippen LogP contribution in [0.2, 0.25) is 5.02 Å². The van der Waals surface area contributed by atoms with Crippen molar-refractivity contribution in [2.75, 3.05) is 25.0 Å². The van der Waals surface area contributed by atoms with Crippen LogP contribution >= 0.6 is 24.0 Å². The highest BCUT2D eigenvalue weighted by Gasteiger charge is 2.72. The Labute approximate surface area is 283 Å². The van der Waals surface area contributed by atoms with Gasteiger partial charge in [0.25, 0.3) is 0 Å². The second-order valence-corrected chi connectivity index (χ2v) is 13.8. The second kappa shape index (κ2) is 14.5. The van der Waals surface area contributed by atoms with E-state index < -0.39 is 29.6 Å². The number of benzene rings is 2. The van der Waals surface area contributed by atoms with E-state index in [0.717, 1.165) is 38.9 Å². The van der Waals surface area contributed by atoms with Crippen molar-refractivity contribution in [3.63, 3.8) is 0 Å². The fourth-order valence-corrected chi connectivity index (χ4v) is 8.19. The maximum atomic E-state index is 14.4. The number of rotatable bonds is 11. The first kappa shape index (κ1) is 34.4. The number of amides is 3. The number of hydrogen-bond donors (Lipinski definition) is 2. The van der Waals surface area contributed by atoms with Gasteiger partial charge in [0.1, 0.15) is 11.6 Å². The summed E-state index contributed by atoms with van der Waals surface area (Å²) in [6.07, 6.45) is 7.00. The van der Waals surface area contributed by atoms with Crippen molar-refractivity contribution in [1.29, 1.82) is 0 Å². The molecule has 1 saturated carbocycles. The molecule has 3 amide bonds. The molecule has 4 aliphatic rings. The summed E-state index contributed by atoms with van der Waals surface area (Å²) < 4.78 is 6.55. The topological polar surface area (TPSA) is 91.0 Å². The third-order valence-electron chi connectivity index (χ3n) is 10.6. The molecule has 3 fully saturated rings. The monoisotopic (exact) mass is 668 g/mol. The van der Waals surface area contributed by atoms with Gasteiger partial charge in [0.05, 0.1) is 17.9 Å². The summed E-state index contributed by atoms with van der Waals surface area (Å²) >= 11 is 6.17. The first-order valence-electron chi connectivity index (χ1n) is 16.5. The van der Waals surface area contributed by atoms with E-state index >= 15 is 0 Å². The summed E-state index contributed by atoms with van der Waals surface area (Å²) in [6.45, 7) is 9.45. The Balaban J connectivity index is 0.00000417. The number of anilines is 1. The van der Waals surface area contributed by atoms with Gasteiger partial charge in [0.2, 0.25) is 17.7 Å². The third-order valence-corrected chi connectivity index (χ3v) is 10.9. The highest BCUT2D eigenvalue weighted by molar-refractivity contribution is 6.30. The van der Waals surface area contributed by atoms with Crippen LogP contribution in [0.5, 0.6) is 0 Å². The lowest BCUT2D eigenvalue weighted by molar-refractivity contribution is -0.141. The number of fused-ring (bicyclic) bond motifs is 1. The minimum absolute atomic E-state index is 0. The van der Waals surface area contributed by atoms with E-state index in [1.165, 1.54) is 5.56 Å². The molecule has 1 spiro atoms. The minimum Gasteiger partial charge on any atom is -0.359 e. The summed E-state index contributed by atoms with van der Waals surface area (Å²) in [4.78, 5) is 46.5. The molecule has 3 heterocycles. The summed E-state index contributed by atoms with van der Waals surface area (Å²) in [6, 6.07) is 16.5. The average Bonchev–Trinajstić information content (AvgIpc) is 3.67. The van der Waals surface area contributed by atoms with Gasteiger partial charge in [-0.25, -0.2) is 0 Å². The van der Waals surface area contributed by atoms with E-state index in [1.807, 2.05) is 30.4 Å². The molecule has 2 bridgehead atoms. The minimum atomic E-state index is -1.18. The highest BCUT2D eigenvalue weighted by Crippen LogP contribution is 2.55. The van der Waals surface area contributed by atoms with Gasteiger partial charge in [-0.1, -0.05) is 93.8 Å². The van der Waals surface area contributed by atoms with Crippen LogP contribution in [0.4, 0.5) is 5.69 Å². The lowest BCUT2D eigenvalue weighted by atomic mass is 9.73. The Bertz CT molecular complexity index is 1440. The number of carbonyl (C=O) groups is 3. The molecule has 2 saturated heterocycles. The Morgan fingerprint density at radius 2 is 1.87 bits per heavy atom. The Hall–Kier alpha value is -2.91. The number of carbonyl (C=O) groups excluding carboxylic acids is 3. The molecule has 248 valence electrons. The van der Waals surface area contributed by atoms with Gasteiger partial charge in [-0.3, -0.25) is 19.3 Å². The standard InChI is InChI=1S/C36H45ClN4O4.ClH/c1-4-40(22-25-12-6-5-7-13-25)19-10-20-41-32(34(43)39-28-16-8-11-23(2)24(28)3)36-18-17-29(45-36)30(31(36)35(41)44)33(42)38-27-15-9-14-26(37)21-27;/h5-7,9,12-15,17-18,21,23-24,28-32H,4,8,10-11,16,19-20,22H2,1-3H3,(H,38,42)(H,39,43);1H. The van der Waals surface area contributed by atoms with E-state index in [9.17, 15) is 14.4 Å². The molecule has 46 heavy (non-hydrogen) atoms. The van der Waals surface area contributed by atoms with Crippen LogP contribution in [0.25, 0.3) is 0 Å². The zero-order valence-corrected chi connectivity index (χ0v) is 28.4. The van der Waals surface area contributed by atoms with Crippen LogP contribution in [0.15, 0.2) is 66.7 Å². The van der Waals surface area contributed by atoms with Gasteiger partial charge in [0.15, 0.2) is 0 Å². The lowest BCUT2D eigenvalue weighted by Crippen LogP contribution is -2.58. The molecule has 8 nitrogen and oxygen atoms in total. The highest BCUT2D eigenvalue weighted by atomic mass is 35.5. The van der Waals surface area contributed by atoms with Crippen molar-refractivity contribution < 1.29 is 19.1 Å². The quantitative estimate of drug-likeness (QED) is 0.300. The molecule has 2 aromatic rings. The zero-order valence-electron chi connectivity index (χ0n) is 26.9. The van der Waals surface area contributed by atoms with Gasteiger partial charge < -0.3 is 20.3 Å². The number of halogens is 2. The van der Waals surface area contributed by atoms with Gasteiger partial charge in [-0.15, -0.1) is 12.4 Å². The molecule has 10 heteroatoms. The summed E-state index contributed by atoms with van der Waals surface area (Å²) in [5.74, 6) is -1.36. The van der Waals surface area contributed by atoms with Gasteiger partial charge in [-0.05, 0) is 55.0 Å². The van der Waals surface area contributed by atoms with Crippen molar-refractivity contribution >= 4 is 47.4 Å². The normalized spacial score (nSPS) is 31.1. The fraction of sp³-hybridized carbons (Fsp3) is 0.528. The van der Waals surface area contributed by atoms with E-state index in [0.29, 0.717) is 35.5 Å². The number of nitrogens with one attached hydrogen (secondary N) is 2. The molecule has 0 radical (unpaired) electrons. The van der Waals surface area contributed by atoms with E-state index in [1.54, 1.807) is 29.2 Å². The molecule has 2 N–H and O–H groups in total. The fourth-order valence-electron chi connectivity index (χ4n) is 8.00. The van der Waals surface area contributed by atoms with Crippen molar-refractivity contribution in [2.24, 2.45) is 23.7 Å². The van der Waals surface area contributed by atoms with Gasteiger partial charge in [-0.2, -0.15) is 0 Å². The van der Waals surface area contributed by atoms with Crippen molar-refractivity contribution in [3.8, 4) is 0 Å². The molecule has 3 aliphatic heterocycles. The molecular formula is C36H46Cl2N4O4. The first-order valence-corrected chi connectivity index (χ1v) is 16.9. The molecule has 1 aliphatic carbocycles. The third kappa shape index (κ3) is 6.59. The van der Waals surface area contributed by atoms with Crippen LogP contribution in [-0.4, -0.2) is 70.9 Å². The number of likely N-dealkylation sites (tertiary alicyclic amines) is 1. The summed E-state index contributed by atoms with van der Waals surface area (Å²) in [5, 5.41) is 6.80. The number of nitrogens with zero attached hydrogens (tertiary/aromatic N) is 2. The van der Waals surface area contributed by atoms with Crippen LogP contribution in [-0.2, 0) is 25.7 Å². The van der Waals surface area contributed by atoms with Crippen LogP contribution in [0.3, 0.4) is 0 Å². The summed E-state index contributed by atoms with van der Waals surface area (Å²) in [7, 11) is 0. The van der Waals surface area contributed by atoms with Crippen LogP contribution in [0.1, 0.15) is 52.0 Å². The number of ether oxygens (including phenoxy) is 1. The largest absolute Gasteiger partial charge is 0.359 e. The van der Waals surface area contributed by atoms with Crippen LogP contribution in [0, 0.1) is 23.7 Å². The van der Waals surface area contributed by atoms with Gasteiger partial charge >= 0.3 is 0 Å². The smallest absolute Gasteiger partial charge is 0.246 e.